The third-order valence-electron chi connectivity index (χ3n) is 2.84. The number of halogens is 2. The third kappa shape index (κ3) is 4.58. The summed E-state index contributed by atoms with van der Waals surface area (Å²) in [6, 6.07) is 12.3. The van der Waals surface area contributed by atoms with Gasteiger partial charge in [-0.1, -0.05) is 18.2 Å². The van der Waals surface area contributed by atoms with Crippen LogP contribution in [0, 0.1) is 5.82 Å². The molecular weight excluding hydrogens is 355 g/mol. The summed E-state index contributed by atoms with van der Waals surface area (Å²) in [4.78, 5) is 13.0. The first-order valence-corrected chi connectivity index (χ1v) is 8.09. The van der Waals surface area contributed by atoms with Gasteiger partial charge in [0.1, 0.15) is 5.78 Å². The minimum absolute atomic E-state index is 0.0559. The Labute approximate surface area is 135 Å². The lowest BCUT2D eigenvalue weighted by Crippen LogP contribution is -2.06. The smallest absolute Gasteiger partial charge is 0.165 e. The zero-order chi connectivity index (χ0) is 15.2. The fourth-order valence-corrected chi connectivity index (χ4v) is 3.25. The number of ketones is 1. The molecule has 0 aliphatic heterocycles. The van der Waals surface area contributed by atoms with Crippen molar-refractivity contribution >= 4 is 33.5 Å². The van der Waals surface area contributed by atoms with Gasteiger partial charge >= 0.3 is 0 Å². The molecule has 2 rings (SSSR count). The van der Waals surface area contributed by atoms with Gasteiger partial charge < -0.3 is 4.74 Å². The van der Waals surface area contributed by atoms with E-state index >= 15 is 0 Å². The van der Waals surface area contributed by atoms with Crippen molar-refractivity contribution in [2.24, 2.45) is 0 Å². The summed E-state index contributed by atoms with van der Waals surface area (Å²) >= 11 is 4.91. The summed E-state index contributed by atoms with van der Waals surface area (Å²) in [6.07, 6.45) is 0.221. The summed E-state index contributed by atoms with van der Waals surface area (Å²) < 4.78 is 19.4. The standard InChI is InChI=1S/C16H14BrFO2S/c1-20-15-7-6-11(9-14(15)18)8-12(19)10-21-16-5-3-2-4-13(16)17/h2-7,9H,8,10H2,1H3. The molecule has 2 aromatic rings. The van der Waals surface area contributed by atoms with E-state index < -0.39 is 5.82 Å². The van der Waals surface area contributed by atoms with Crippen LogP contribution < -0.4 is 4.74 Å². The number of thioether (sulfide) groups is 1. The molecule has 110 valence electrons. The van der Waals surface area contributed by atoms with Crippen molar-refractivity contribution in [1.29, 1.82) is 0 Å². The molecule has 0 saturated heterocycles. The number of rotatable bonds is 6. The SMILES string of the molecule is COc1ccc(CC(=O)CSc2ccccc2Br)cc1F. The largest absolute Gasteiger partial charge is 0.494 e. The van der Waals surface area contributed by atoms with Gasteiger partial charge in [-0.2, -0.15) is 0 Å². The van der Waals surface area contributed by atoms with Crippen molar-refractivity contribution < 1.29 is 13.9 Å². The van der Waals surface area contributed by atoms with Gasteiger partial charge in [0.15, 0.2) is 11.6 Å². The minimum atomic E-state index is -0.443. The summed E-state index contributed by atoms with van der Waals surface area (Å²) in [5.74, 6) is 0.159. The van der Waals surface area contributed by atoms with E-state index in [-0.39, 0.29) is 18.0 Å². The quantitative estimate of drug-likeness (QED) is 0.702. The predicted molar refractivity (Wildman–Crippen MR) is 86.5 cm³/mol. The average molecular weight is 369 g/mol. The number of carbonyl (C=O) groups is 1. The van der Waals surface area contributed by atoms with Crippen LogP contribution in [0.25, 0.3) is 0 Å². The molecule has 5 heteroatoms. The van der Waals surface area contributed by atoms with Gasteiger partial charge in [-0.15, -0.1) is 11.8 Å². The van der Waals surface area contributed by atoms with Crippen LogP contribution in [0.1, 0.15) is 5.56 Å². The second kappa shape index (κ2) is 7.61. The number of ether oxygens (including phenoxy) is 1. The van der Waals surface area contributed by atoms with Gasteiger partial charge in [-0.3, -0.25) is 4.79 Å². The first kappa shape index (κ1) is 16.0. The molecule has 0 atom stereocenters. The monoisotopic (exact) mass is 368 g/mol. The Balaban J connectivity index is 1.93. The van der Waals surface area contributed by atoms with E-state index in [1.807, 2.05) is 24.3 Å². The Morgan fingerprint density at radius 2 is 2.05 bits per heavy atom. The maximum atomic E-state index is 13.6. The van der Waals surface area contributed by atoms with Crippen LogP contribution in [-0.4, -0.2) is 18.6 Å². The molecule has 2 nitrogen and oxygen atoms in total. The molecule has 0 unspecified atom stereocenters. The van der Waals surface area contributed by atoms with Gasteiger partial charge in [0.2, 0.25) is 0 Å². The highest BCUT2D eigenvalue weighted by Crippen LogP contribution is 2.27. The molecule has 21 heavy (non-hydrogen) atoms. The van der Waals surface area contributed by atoms with Crippen LogP contribution >= 0.6 is 27.7 Å². The Hall–Kier alpha value is -1.33. The first-order chi connectivity index (χ1) is 10.1. The molecule has 0 amide bonds. The molecule has 0 aliphatic carbocycles. The highest BCUT2D eigenvalue weighted by molar-refractivity contribution is 9.10. The van der Waals surface area contributed by atoms with E-state index in [0.717, 1.165) is 9.37 Å². The fourth-order valence-electron chi connectivity index (χ4n) is 1.82. The van der Waals surface area contributed by atoms with Crippen molar-refractivity contribution in [2.45, 2.75) is 11.3 Å². The molecule has 0 spiro atoms. The lowest BCUT2D eigenvalue weighted by molar-refractivity contribution is -0.116. The number of hydrogen-bond acceptors (Lipinski definition) is 3. The van der Waals surface area contributed by atoms with Crippen LogP contribution in [0.4, 0.5) is 4.39 Å². The lowest BCUT2D eigenvalue weighted by atomic mass is 10.1. The topological polar surface area (TPSA) is 26.3 Å². The fraction of sp³-hybridized carbons (Fsp3) is 0.188. The van der Waals surface area contributed by atoms with Crippen LogP contribution in [0.15, 0.2) is 51.8 Å². The van der Waals surface area contributed by atoms with E-state index in [1.54, 1.807) is 12.1 Å². The van der Waals surface area contributed by atoms with Crippen LogP contribution in [0.2, 0.25) is 0 Å². The minimum Gasteiger partial charge on any atom is -0.494 e. The number of methoxy groups -OCH3 is 1. The third-order valence-corrected chi connectivity index (χ3v) is 4.93. The summed E-state index contributed by atoms with van der Waals surface area (Å²) in [7, 11) is 1.41. The number of Topliss-reactive ketones (excluding diaryl/α,β-unsaturated/α-hetero) is 1. The van der Waals surface area contributed by atoms with E-state index in [9.17, 15) is 9.18 Å². The summed E-state index contributed by atoms with van der Waals surface area (Å²) in [5, 5.41) is 0. The second-order valence-electron chi connectivity index (χ2n) is 4.40. The normalized spacial score (nSPS) is 10.4. The molecule has 0 heterocycles. The second-order valence-corrected chi connectivity index (χ2v) is 6.27. The van der Waals surface area contributed by atoms with Crippen molar-refractivity contribution in [2.75, 3.05) is 12.9 Å². The molecule has 0 aliphatic rings. The van der Waals surface area contributed by atoms with Crippen molar-refractivity contribution in [3.63, 3.8) is 0 Å². The molecule has 0 aromatic heterocycles. The molecule has 0 radical (unpaired) electrons. The molecule has 0 fully saturated rings. The van der Waals surface area contributed by atoms with Gasteiger partial charge in [-0.25, -0.2) is 4.39 Å². The zero-order valence-corrected chi connectivity index (χ0v) is 13.8. The number of benzene rings is 2. The van der Waals surface area contributed by atoms with Gasteiger partial charge in [-0.05, 0) is 45.8 Å². The van der Waals surface area contributed by atoms with Gasteiger partial charge in [0, 0.05) is 15.8 Å². The van der Waals surface area contributed by atoms with Crippen molar-refractivity contribution in [1.82, 2.24) is 0 Å². The van der Waals surface area contributed by atoms with E-state index in [1.165, 1.54) is 24.9 Å². The van der Waals surface area contributed by atoms with Crippen LogP contribution in [-0.2, 0) is 11.2 Å². The summed E-state index contributed by atoms with van der Waals surface area (Å²) in [5.41, 5.74) is 0.658. The summed E-state index contributed by atoms with van der Waals surface area (Å²) in [6.45, 7) is 0. The van der Waals surface area contributed by atoms with Gasteiger partial charge in [0.25, 0.3) is 0 Å². The van der Waals surface area contributed by atoms with E-state index in [0.29, 0.717) is 11.3 Å². The predicted octanol–water partition coefficient (Wildman–Crippen LogP) is 4.50. The molecule has 0 bridgehead atoms. The zero-order valence-electron chi connectivity index (χ0n) is 11.4. The molecule has 0 N–H and O–H groups in total. The Morgan fingerprint density at radius 1 is 1.29 bits per heavy atom. The maximum absolute atomic E-state index is 13.6. The molecule has 2 aromatic carbocycles. The molecular formula is C16H14BrFO2S. The molecule has 0 saturated carbocycles. The van der Waals surface area contributed by atoms with E-state index in [4.69, 9.17) is 4.74 Å². The Bertz CT molecular complexity index is 646. The highest BCUT2D eigenvalue weighted by Gasteiger charge is 2.09. The lowest BCUT2D eigenvalue weighted by Gasteiger charge is -2.06. The van der Waals surface area contributed by atoms with Crippen LogP contribution in [0.3, 0.4) is 0 Å². The Morgan fingerprint density at radius 3 is 2.71 bits per heavy atom. The number of carbonyl (C=O) groups excluding carboxylic acids is 1. The van der Waals surface area contributed by atoms with Crippen molar-refractivity contribution in [3.8, 4) is 5.75 Å². The maximum Gasteiger partial charge on any atom is 0.165 e. The average Bonchev–Trinajstić information content (AvgIpc) is 2.46. The van der Waals surface area contributed by atoms with E-state index in [2.05, 4.69) is 15.9 Å². The van der Waals surface area contributed by atoms with Gasteiger partial charge in [0.05, 0.1) is 12.9 Å². The van der Waals surface area contributed by atoms with Crippen LogP contribution in [0.5, 0.6) is 5.75 Å². The number of hydrogen-bond donors (Lipinski definition) is 0. The Kier molecular flexibility index (Phi) is 5.82. The van der Waals surface area contributed by atoms with Crippen molar-refractivity contribution in [3.05, 3.63) is 58.3 Å². The highest BCUT2D eigenvalue weighted by atomic mass is 79.9. The first-order valence-electron chi connectivity index (χ1n) is 6.31.